The standard InChI is InChI=1S/C23H24N4O/c1-16-3-5-21-20(13-16)17(15-26-21)7-12-25-22-6-4-19(14-23(22)28-2)27-18-8-10-24-11-9-18/h3-6,8-11,13-15,25-26H,7,12H2,1-2H3,(H,24,27). The van der Waals surface area contributed by atoms with Crippen molar-refractivity contribution in [3.05, 3.63) is 78.2 Å². The fraction of sp³-hybridized carbons (Fsp3) is 0.174. The predicted octanol–water partition coefficient (Wildman–Crippen LogP) is 5.28. The van der Waals surface area contributed by atoms with Gasteiger partial charge in [0.05, 0.1) is 12.8 Å². The zero-order chi connectivity index (χ0) is 19.3. The number of hydrogen-bond acceptors (Lipinski definition) is 4. The lowest BCUT2D eigenvalue weighted by molar-refractivity contribution is 0.416. The zero-order valence-electron chi connectivity index (χ0n) is 16.1. The number of aromatic nitrogens is 2. The Bertz CT molecular complexity index is 1070. The number of ether oxygens (including phenoxy) is 1. The molecule has 2 aromatic heterocycles. The van der Waals surface area contributed by atoms with Gasteiger partial charge in [0.15, 0.2) is 0 Å². The van der Waals surface area contributed by atoms with Crippen LogP contribution in [0.3, 0.4) is 0 Å². The molecule has 142 valence electrons. The number of aromatic amines is 1. The summed E-state index contributed by atoms with van der Waals surface area (Å²) in [7, 11) is 1.69. The fourth-order valence-corrected chi connectivity index (χ4v) is 3.35. The topological polar surface area (TPSA) is 62.0 Å². The molecule has 0 aliphatic carbocycles. The summed E-state index contributed by atoms with van der Waals surface area (Å²) in [5, 5.41) is 8.15. The number of pyridine rings is 1. The molecule has 0 radical (unpaired) electrons. The maximum atomic E-state index is 5.58. The minimum Gasteiger partial charge on any atom is -0.495 e. The van der Waals surface area contributed by atoms with E-state index in [0.29, 0.717) is 0 Å². The second-order valence-electron chi connectivity index (χ2n) is 6.82. The van der Waals surface area contributed by atoms with Crippen LogP contribution in [-0.4, -0.2) is 23.6 Å². The quantitative estimate of drug-likeness (QED) is 0.413. The Morgan fingerprint density at radius 2 is 1.86 bits per heavy atom. The van der Waals surface area contributed by atoms with Crippen molar-refractivity contribution in [2.75, 3.05) is 24.3 Å². The largest absolute Gasteiger partial charge is 0.495 e. The Labute approximate surface area is 164 Å². The lowest BCUT2D eigenvalue weighted by atomic mass is 10.1. The Balaban J connectivity index is 1.43. The number of rotatable bonds is 7. The van der Waals surface area contributed by atoms with Gasteiger partial charge in [-0.1, -0.05) is 11.6 Å². The fourth-order valence-electron chi connectivity index (χ4n) is 3.35. The second-order valence-corrected chi connectivity index (χ2v) is 6.82. The van der Waals surface area contributed by atoms with Gasteiger partial charge in [-0.2, -0.15) is 0 Å². The number of anilines is 3. The Morgan fingerprint density at radius 1 is 1.00 bits per heavy atom. The molecule has 0 spiro atoms. The summed E-state index contributed by atoms with van der Waals surface area (Å²) >= 11 is 0. The van der Waals surface area contributed by atoms with Gasteiger partial charge in [0.2, 0.25) is 0 Å². The van der Waals surface area contributed by atoms with Gasteiger partial charge in [-0.15, -0.1) is 0 Å². The summed E-state index contributed by atoms with van der Waals surface area (Å²) in [6.45, 7) is 2.95. The molecule has 2 aromatic carbocycles. The van der Waals surface area contributed by atoms with Crippen molar-refractivity contribution in [1.82, 2.24) is 9.97 Å². The highest BCUT2D eigenvalue weighted by molar-refractivity contribution is 5.84. The molecule has 0 saturated heterocycles. The van der Waals surface area contributed by atoms with Crippen molar-refractivity contribution in [2.45, 2.75) is 13.3 Å². The summed E-state index contributed by atoms with van der Waals surface area (Å²) in [6, 6.07) is 16.5. The number of nitrogens with zero attached hydrogens (tertiary/aromatic N) is 1. The third-order valence-electron chi connectivity index (χ3n) is 4.80. The van der Waals surface area contributed by atoms with Crippen LogP contribution in [-0.2, 0) is 6.42 Å². The van der Waals surface area contributed by atoms with Crippen LogP contribution in [0, 0.1) is 6.92 Å². The van der Waals surface area contributed by atoms with E-state index < -0.39 is 0 Å². The van der Waals surface area contributed by atoms with Gasteiger partial charge in [-0.3, -0.25) is 4.98 Å². The molecule has 0 fully saturated rings. The lowest BCUT2D eigenvalue weighted by Gasteiger charge is -2.14. The Hall–Kier alpha value is -3.47. The first kappa shape index (κ1) is 17.9. The lowest BCUT2D eigenvalue weighted by Crippen LogP contribution is -2.06. The molecule has 4 rings (SSSR count). The first-order chi connectivity index (χ1) is 13.7. The summed E-state index contributed by atoms with van der Waals surface area (Å²) < 4.78 is 5.58. The third-order valence-corrected chi connectivity index (χ3v) is 4.80. The van der Waals surface area contributed by atoms with E-state index in [2.05, 4.69) is 51.9 Å². The van der Waals surface area contributed by atoms with Crippen molar-refractivity contribution in [1.29, 1.82) is 0 Å². The molecule has 0 amide bonds. The average molecular weight is 372 g/mol. The molecular weight excluding hydrogens is 348 g/mol. The molecule has 3 N–H and O–H groups in total. The number of nitrogens with one attached hydrogen (secondary N) is 3. The number of fused-ring (bicyclic) bond motifs is 1. The van der Waals surface area contributed by atoms with E-state index >= 15 is 0 Å². The monoisotopic (exact) mass is 372 g/mol. The Morgan fingerprint density at radius 3 is 2.68 bits per heavy atom. The van der Waals surface area contributed by atoms with Crippen LogP contribution >= 0.6 is 0 Å². The van der Waals surface area contributed by atoms with Gasteiger partial charge >= 0.3 is 0 Å². The van der Waals surface area contributed by atoms with Gasteiger partial charge in [-0.05, 0) is 55.3 Å². The minimum atomic E-state index is 0.814. The van der Waals surface area contributed by atoms with E-state index in [-0.39, 0.29) is 0 Å². The number of aryl methyl sites for hydroxylation is 1. The number of benzene rings is 2. The Kier molecular flexibility index (Phi) is 5.15. The molecule has 5 nitrogen and oxygen atoms in total. The summed E-state index contributed by atoms with van der Waals surface area (Å²) in [5.74, 6) is 0.814. The molecule has 0 aliphatic heterocycles. The highest BCUT2D eigenvalue weighted by Crippen LogP contribution is 2.29. The number of methoxy groups -OCH3 is 1. The SMILES string of the molecule is COc1cc(Nc2ccncc2)ccc1NCCc1c[nH]c2ccc(C)cc12. The molecule has 28 heavy (non-hydrogen) atoms. The van der Waals surface area contributed by atoms with E-state index in [1.54, 1.807) is 19.5 Å². The summed E-state index contributed by atoms with van der Waals surface area (Å²) in [6.07, 6.45) is 6.57. The zero-order valence-corrected chi connectivity index (χ0v) is 16.1. The van der Waals surface area contributed by atoms with E-state index in [1.165, 1.54) is 22.0 Å². The molecule has 0 atom stereocenters. The first-order valence-electron chi connectivity index (χ1n) is 9.38. The normalized spacial score (nSPS) is 10.8. The third kappa shape index (κ3) is 3.93. The molecule has 2 heterocycles. The van der Waals surface area contributed by atoms with Crippen LogP contribution in [0.15, 0.2) is 67.1 Å². The van der Waals surface area contributed by atoms with Crippen molar-refractivity contribution >= 4 is 28.0 Å². The first-order valence-corrected chi connectivity index (χ1v) is 9.38. The smallest absolute Gasteiger partial charge is 0.144 e. The molecule has 0 unspecified atom stereocenters. The van der Waals surface area contributed by atoms with Gasteiger partial charge in [0, 0.05) is 53.5 Å². The second kappa shape index (κ2) is 8.05. The van der Waals surface area contributed by atoms with Crippen molar-refractivity contribution in [3.8, 4) is 5.75 Å². The van der Waals surface area contributed by atoms with E-state index in [4.69, 9.17) is 4.74 Å². The molecule has 4 aromatic rings. The summed E-state index contributed by atoms with van der Waals surface area (Å²) in [4.78, 5) is 7.39. The van der Waals surface area contributed by atoms with Crippen molar-refractivity contribution in [2.24, 2.45) is 0 Å². The van der Waals surface area contributed by atoms with Gasteiger partial charge in [0.25, 0.3) is 0 Å². The highest BCUT2D eigenvalue weighted by atomic mass is 16.5. The number of H-pyrrole nitrogens is 1. The molecule has 0 bridgehead atoms. The maximum absolute atomic E-state index is 5.58. The van der Waals surface area contributed by atoms with Crippen LogP contribution in [0.4, 0.5) is 17.1 Å². The molecule has 0 aliphatic rings. The number of hydrogen-bond donors (Lipinski definition) is 3. The molecule has 0 saturated carbocycles. The van der Waals surface area contributed by atoms with Crippen LogP contribution in [0.2, 0.25) is 0 Å². The van der Waals surface area contributed by atoms with E-state index in [1.807, 2.05) is 30.3 Å². The van der Waals surface area contributed by atoms with Gasteiger partial charge in [0.1, 0.15) is 5.75 Å². The van der Waals surface area contributed by atoms with Crippen molar-refractivity contribution < 1.29 is 4.74 Å². The van der Waals surface area contributed by atoms with E-state index in [0.717, 1.165) is 35.8 Å². The van der Waals surface area contributed by atoms with Crippen LogP contribution in [0.25, 0.3) is 10.9 Å². The van der Waals surface area contributed by atoms with E-state index in [9.17, 15) is 0 Å². The van der Waals surface area contributed by atoms with Crippen LogP contribution in [0.1, 0.15) is 11.1 Å². The van der Waals surface area contributed by atoms with Gasteiger partial charge < -0.3 is 20.4 Å². The maximum Gasteiger partial charge on any atom is 0.144 e. The minimum absolute atomic E-state index is 0.814. The summed E-state index contributed by atoms with van der Waals surface area (Å²) in [5.41, 5.74) is 6.73. The van der Waals surface area contributed by atoms with Crippen molar-refractivity contribution in [3.63, 3.8) is 0 Å². The molecular formula is C23H24N4O. The molecule has 5 heteroatoms. The van der Waals surface area contributed by atoms with Crippen LogP contribution in [0.5, 0.6) is 5.75 Å². The highest BCUT2D eigenvalue weighted by Gasteiger charge is 2.07. The van der Waals surface area contributed by atoms with Crippen LogP contribution < -0.4 is 15.4 Å². The predicted molar refractivity (Wildman–Crippen MR) is 116 cm³/mol. The average Bonchev–Trinajstić information content (AvgIpc) is 3.12. The van der Waals surface area contributed by atoms with Gasteiger partial charge in [-0.25, -0.2) is 0 Å².